The Kier molecular flexibility index (Phi) is 2.96. The minimum absolute atomic E-state index is 0.762. The van der Waals surface area contributed by atoms with E-state index in [1.165, 1.54) is 63.0 Å². The average molecular weight is 219 g/mol. The molecule has 1 aromatic heterocycles. The van der Waals surface area contributed by atoms with Crippen LogP contribution in [0, 0.1) is 5.92 Å². The molecule has 2 aliphatic rings. The molecule has 0 unspecified atom stereocenters. The summed E-state index contributed by atoms with van der Waals surface area (Å²) in [5.41, 5.74) is 2.67. The van der Waals surface area contributed by atoms with Crippen LogP contribution < -0.4 is 5.32 Å². The summed E-state index contributed by atoms with van der Waals surface area (Å²) in [5, 5.41) is 11.1. The third-order valence-corrected chi connectivity index (χ3v) is 4.14. The molecule has 0 atom stereocenters. The highest BCUT2D eigenvalue weighted by Crippen LogP contribution is 2.35. The fraction of sp³-hybridized carbons (Fsp3) is 0.769. The first-order valence-corrected chi connectivity index (χ1v) is 6.67. The summed E-state index contributed by atoms with van der Waals surface area (Å²) in [6, 6.07) is 2.31. The topological polar surface area (TPSA) is 40.7 Å². The number of aromatic nitrogens is 2. The third-order valence-electron chi connectivity index (χ3n) is 4.14. The minimum atomic E-state index is 0.762. The fourth-order valence-electron chi connectivity index (χ4n) is 2.79. The van der Waals surface area contributed by atoms with Crippen molar-refractivity contribution in [1.82, 2.24) is 15.5 Å². The van der Waals surface area contributed by atoms with Crippen LogP contribution in [0.1, 0.15) is 49.4 Å². The molecule has 0 amide bonds. The van der Waals surface area contributed by atoms with Crippen LogP contribution in [0.3, 0.4) is 0 Å². The van der Waals surface area contributed by atoms with Gasteiger partial charge in [0.15, 0.2) is 0 Å². The van der Waals surface area contributed by atoms with Crippen LogP contribution in [0.15, 0.2) is 6.07 Å². The van der Waals surface area contributed by atoms with Crippen molar-refractivity contribution in [3.63, 3.8) is 0 Å². The van der Waals surface area contributed by atoms with Crippen molar-refractivity contribution in [3.05, 3.63) is 17.5 Å². The molecule has 1 aromatic rings. The number of nitrogens with zero attached hydrogens (tertiary/aromatic N) is 1. The predicted octanol–water partition coefficient (Wildman–Crippen LogP) is 2.22. The number of nitrogens with one attached hydrogen (secondary N) is 2. The lowest BCUT2D eigenvalue weighted by Gasteiger charge is -2.23. The van der Waals surface area contributed by atoms with E-state index in [9.17, 15) is 0 Å². The van der Waals surface area contributed by atoms with E-state index < -0.39 is 0 Å². The summed E-state index contributed by atoms with van der Waals surface area (Å²) in [7, 11) is 0. The largest absolute Gasteiger partial charge is 0.317 e. The first kappa shape index (κ1) is 10.3. The van der Waals surface area contributed by atoms with Gasteiger partial charge in [-0.15, -0.1) is 0 Å². The van der Waals surface area contributed by atoms with Gasteiger partial charge in [0.1, 0.15) is 0 Å². The highest BCUT2D eigenvalue weighted by molar-refractivity contribution is 5.15. The molecule has 2 N–H and O–H groups in total. The molecule has 88 valence electrons. The van der Waals surface area contributed by atoms with Crippen molar-refractivity contribution < 1.29 is 0 Å². The van der Waals surface area contributed by atoms with Crippen molar-refractivity contribution in [2.45, 2.75) is 44.4 Å². The summed E-state index contributed by atoms with van der Waals surface area (Å²) in [6.07, 6.45) is 7.91. The van der Waals surface area contributed by atoms with E-state index in [-0.39, 0.29) is 0 Å². The lowest BCUT2D eigenvalue weighted by Crippen LogP contribution is -2.28. The smallest absolute Gasteiger partial charge is 0.0655 e. The zero-order valence-electron chi connectivity index (χ0n) is 9.84. The van der Waals surface area contributed by atoms with E-state index in [0.29, 0.717) is 0 Å². The second-order valence-electron chi connectivity index (χ2n) is 5.34. The summed E-state index contributed by atoms with van der Waals surface area (Å²) < 4.78 is 0. The SMILES string of the molecule is c1c(C2CCC2)n[nH]c1CC1CCNCC1. The fourth-order valence-corrected chi connectivity index (χ4v) is 2.79. The monoisotopic (exact) mass is 219 g/mol. The van der Waals surface area contributed by atoms with Crippen LogP contribution in [-0.4, -0.2) is 23.3 Å². The van der Waals surface area contributed by atoms with Gasteiger partial charge in [-0.2, -0.15) is 5.10 Å². The molecule has 1 aliphatic heterocycles. The van der Waals surface area contributed by atoms with Gasteiger partial charge in [0.25, 0.3) is 0 Å². The number of H-pyrrole nitrogens is 1. The molecule has 3 rings (SSSR count). The van der Waals surface area contributed by atoms with Gasteiger partial charge in [-0.25, -0.2) is 0 Å². The molecule has 2 fully saturated rings. The highest BCUT2D eigenvalue weighted by Gasteiger charge is 2.22. The molecular formula is C13H21N3. The van der Waals surface area contributed by atoms with Crippen LogP contribution in [0.25, 0.3) is 0 Å². The number of aromatic amines is 1. The van der Waals surface area contributed by atoms with Crippen molar-refractivity contribution >= 4 is 0 Å². The van der Waals surface area contributed by atoms with E-state index in [0.717, 1.165) is 11.8 Å². The molecule has 2 heterocycles. The summed E-state index contributed by atoms with van der Waals surface area (Å²) in [5.74, 6) is 1.62. The molecule has 0 bridgehead atoms. The van der Waals surface area contributed by atoms with E-state index in [4.69, 9.17) is 0 Å². The molecule has 1 saturated heterocycles. The van der Waals surface area contributed by atoms with E-state index in [2.05, 4.69) is 21.6 Å². The van der Waals surface area contributed by atoms with E-state index in [1.807, 2.05) is 0 Å². The van der Waals surface area contributed by atoms with Gasteiger partial charge in [0, 0.05) is 11.6 Å². The molecule has 1 saturated carbocycles. The Morgan fingerprint density at radius 3 is 2.69 bits per heavy atom. The Hall–Kier alpha value is -0.830. The maximum absolute atomic E-state index is 4.46. The second-order valence-corrected chi connectivity index (χ2v) is 5.34. The van der Waals surface area contributed by atoms with Gasteiger partial charge < -0.3 is 5.32 Å². The van der Waals surface area contributed by atoms with Crippen LogP contribution >= 0.6 is 0 Å². The van der Waals surface area contributed by atoms with Gasteiger partial charge in [-0.1, -0.05) is 6.42 Å². The standard InChI is InChI=1S/C13H21N3/c1-2-11(3-1)13-9-12(15-16-13)8-10-4-6-14-7-5-10/h9-11,14H,1-8H2,(H,15,16). The van der Waals surface area contributed by atoms with Crippen molar-refractivity contribution in [1.29, 1.82) is 0 Å². The Morgan fingerprint density at radius 1 is 1.19 bits per heavy atom. The Morgan fingerprint density at radius 2 is 2.00 bits per heavy atom. The maximum Gasteiger partial charge on any atom is 0.0655 e. The first-order valence-electron chi connectivity index (χ1n) is 6.67. The minimum Gasteiger partial charge on any atom is -0.317 e. The number of hydrogen-bond donors (Lipinski definition) is 2. The van der Waals surface area contributed by atoms with Gasteiger partial charge in [-0.05, 0) is 57.2 Å². The van der Waals surface area contributed by atoms with E-state index in [1.54, 1.807) is 0 Å². The van der Waals surface area contributed by atoms with Crippen LogP contribution in [0.2, 0.25) is 0 Å². The number of piperidine rings is 1. The second kappa shape index (κ2) is 4.58. The molecule has 1 aliphatic carbocycles. The van der Waals surface area contributed by atoms with Gasteiger partial charge >= 0.3 is 0 Å². The van der Waals surface area contributed by atoms with Crippen molar-refractivity contribution in [3.8, 4) is 0 Å². The van der Waals surface area contributed by atoms with Crippen LogP contribution in [0.5, 0.6) is 0 Å². The lowest BCUT2D eigenvalue weighted by atomic mass is 9.83. The van der Waals surface area contributed by atoms with Crippen molar-refractivity contribution in [2.24, 2.45) is 5.92 Å². The summed E-state index contributed by atoms with van der Waals surface area (Å²) in [6.45, 7) is 2.38. The first-order chi connectivity index (χ1) is 7.92. The Balaban J connectivity index is 1.58. The third kappa shape index (κ3) is 2.14. The zero-order valence-corrected chi connectivity index (χ0v) is 9.84. The maximum atomic E-state index is 4.46. The van der Waals surface area contributed by atoms with Gasteiger partial charge in [-0.3, -0.25) is 5.10 Å². The number of hydrogen-bond acceptors (Lipinski definition) is 2. The molecule has 0 radical (unpaired) electrons. The van der Waals surface area contributed by atoms with Crippen LogP contribution in [-0.2, 0) is 6.42 Å². The van der Waals surface area contributed by atoms with Crippen molar-refractivity contribution in [2.75, 3.05) is 13.1 Å². The molecule has 0 spiro atoms. The van der Waals surface area contributed by atoms with E-state index >= 15 is 0 Å². The van der Waals surface area contributed by atoms with Gasteiger partial charge in [0.2, 0.25) is 0 Å². The lowest BCUT2D eigenvalue weighted by molar-refractivity contribution is 0.370. The predicted molar refractivity (Wildman–Crippen MR) is 64.5 cm³/mol. The van der Waals surface area contributed by atoms with Crippen LogP contribution in [0.4, 0.5) is 0 Å². The quantitative estimate of drug-likeness (QED) is 0.818. The average Bonchev–Trinajstić information content (AvgIpc) is 2.65. The Labute approximate surface area is 97.0 Å². The zero-order chi connectivity index (χ0) is 10.8. The molecule has 3 heteroatoms. The molecule has 0 aromatic carbocycles. The summed E-state index contributed by atoms with van der Waals surface area (Å²) in [4.78, 5) is 0. The number of rotatable bonds is 3. The Bertz CT molecular complexity index is 335. The highest BCUT2D eigenvalue weighted by atomic mass is 15.1. The molecule has 3 nitrogen and oxygen atoms in total. The molecular weight excluding hydrogens is 198 g/mol. The normalized spacial score (nSPS) is 23.2. The molecule has 16 heavy (non-hydrogen) atoms. The van der Waals surface area contributed by atoms with Gasteiger partial charge in [0.05, 0.1) is 5.69 Å². The summed E-state index contributed by atoms with van der Waals surface area (Å²) >= 11 is 0.